The van der Waals surface area contributed by atoms with Gasteiger partial charge < -0.3 is 5.32 Å². The molecular formula is C23H21FN6O. The van der Waals surface area contributed by atoms with Crippen molar-refractivity contribution in [1.82, 2.24) is 24.3 Å². The second-order valence-electron chi connectivity index (χ2n) is 8.34. The van der Waals surface area contributed by atoms with Gasteiger partial charge in [-0.3, -0.25) is 14.0 Å². The number of anilines is 1. The third-order valence-electron chi connectivity index (χ3n) is 6.49. The number of nitrogens with zero attached hydrogens (tertiary/aromatic N) is 5. The highest BCUT2D eigenvalue weighted by molar-refractivity contribution is 5.79. The van der Waals surface area contributed by atoms with Gasteiger partial charge in [0.15, 0.2) is 5.65 Å². The van der Waals surface area contributed by atoms with Crippen LogP contribution >= 0.6 is 0 Å². The summed E-state index contributed by atoms with van der Waals surface area (Å²) in [6.07, 6.45) is 3.34. The molecule has 4 aromatic rings. The molecule has 1 aliphatic heterocycles. The second-order valence-corrected chi connectivity index (χ2v) is 8.34. The Labute approximate surface area is 177 Å². The van der Waals surface area contributed by atoms with Crippen LogP contribution in [-0.2, 0) is 6.54 Å². The van der Waals surface area contributed by atoms with Crippen molar-refractivity contribution in [2.75, 3.05) is 5.32 Å². The first-order chi connectivity index (χ1) is 15.1. The molecule has 4 heterocycles. The minimum atomic E-state index is -0.494. The maximum absolute atomic E-state index is 13.4. The summed E-state index contributed by atoms with van der Waals surface area (Å²) in [4.78, 5) is 21.0. The van der Waals surface area contributed by atoms with Crippen molar-refractivity contribution < 1.29 is 4.39 Å². The number of halogens is 1. The van der Waals surface area contributed by atoms with Crippen LogP contribution in [0.5, 0.6) is 0 Å². The van der Waals surface area contributed by atoms with Crippen LogP contribution in [0.3, 0.4) is 0 Å². The van der Waals surface area contributed by atoms with Crippen molar-refractivity contribution in [1.29, 1.82) is 0 Å². The smallest absolute Gasteiger partial charge is 0.285 e. The van der Waals surface area contributed by atoms with E-state index in [0.29, 0.717) is 35.7 Å². The van der Waals surface area contributed by atoms with Crippen molar-refractivity contribution in [3.8, 4) is 11.3 Å². The Morgan fingerprint density at radius 3 is 2.77 bits per heavy atom. The summed E-state index contributed by atoms with van der Waals surface area (Å²) in [7, 11) is 0. The molecule has 31 heavy (non-hydrogen) atoms. The van der Waals surface area contributed by atoms with Crippen molar-refractivity contribution in [2.24, 2.45) is 0 Å². The van der Waals surface area contributed by atoms with Crippen molar-refractivity contribution >= 4 is 17.0 Å². The number of aryl methyl sites for hydroxylation is 1. The number of pyridine rings is 1. The molecule has 0 spiro atoms. The van der Waals surface area contributed by atoms with E-state index >= 15 is 0 Å². The lowest BCUT2D eigenvalue weighted by atomic mass is 10.1. The third-order valence-corrected chi connectivity index (χ3v) is 6.49. The number of fused-ring (bicyclic) bond motifs is 5. The van der Waals surface area contributed by atoms with E-state index in [4.69, 9.17) is 5.10 Å². The van der Waals surface area contributed by atoms with E-state index in [-0.39, 0.29) is 5.56 Å². The summed E-state index contributed by atoms with van der Waals surface area (Å²) in [6.45, 7) is 2.46. The van der Waals surface area contributed by atoms with Gasteiger partial charge in [-0.1, -0.05) is 30.3 Å². The zero-order valence-electron chi connectivity index (χ0n) is 17.0. The van der Waals surface area contributed by atoms with Gasteiger partial charge in [0.2, 0.25) is 11.9 Å². The maximum atomic E-state index is 13.4. The number of aromatic nitrogens is 5. The van der Waals surface area contributed by atoms with Gasteiger partial charge in [-0.05, 0) is 43.9 Å². The Morgan fingerprint density at radius 2 is 1.97 bits per heavy atom. The predicted octanol–water partition coefficient (Wildman–Crippen LogP) is 3.67. The Hall–Kier alpha value is -3.55. The highest BCUT2D eigenvalue weighted by atomic mass is 19.1. The van der Waals surface area contributed by atoms with Crippen LogP contribution in [0.1, 0.15) is 36.6 Å². The van der Waals surface area contributed by atoms with Crippen LogP contribution in [0, 0.1) is 12.9 Å². The third kappa shape index (κ3) is 2.85. The molecule has 1 aromatic carbocycles. The Morgan fingerprint density at radius 1 is 1.13 bits per heavy atom. The predicted molar refractivity (Wildman–Crippen MR) is 116 cm³/mol. The number of hydrogen-bond donors (Lipinski definition) is 1. The molecule has 6 rings (SSSR count). The fraction of sp³-hybridized carbons (Fsp3) is 0.304. The van der Waals surface area contributed by atoms with Crippen LogP contribution in [0.25, 0.3) is 22.3 Å². The maximum Gasteiger partial charge on any atom is 0.285 e. The average molecular weight is 416 g/mol. The molecule has 7 nitrogen and oxygen atoms in total. The number of rotatable bonds is 3. The molecule has 3 aromatic heterocycles. The van der Waals surface area contributed by atoms with Crippen LogP contribution in [-0.4, -0.2) is 30.4 Å². The van der Waals surface area contributed by atoms with Crippen molar-refractivity contribution in [3.05, 3.63) is 70.0 Å². The quantitative estimate of drug-likeness (QED) is 0.516. The molecule has 0 saturated heterocycles. The molecule has 0 radical (unpaired) electrons. The normalized spacial score (nSPS) is 19.4. The lowest BCUT2D eigenvalue weighted by Crippen LogP contribution is -2.15. The molecule has 8 heteroatoms. The topological polar surface area (TPSA) is 77.6 Å². The first-order valence-electron chi connectivity index (χ1n) is 10.6. The van der Waals surface area contributed by atoms with E-state index in [1.165, 1.54) is 12.5 Å². The van der Waals surface area contributed by atoms with Gasteiger partial charge in [0, 0.05) is 11.6 Å². The van der Waals surface area contributed by atoms with E-state index in [2.05, 4.69) is 19.9 Å². The molecular weight excluding hydrogens is 395 g/mol. The molecule has 0 amide bonds. The number of nitrogens with one attached hydrogen (secondary N) is 1. The lowest BCUT2D eigenvalue weighted by molar-refractivity contribution is 0.538. The van der Waals surface area contributed by atoms with Crippen LogP contribution in [0.15, 0.2) is 47.3 Å². The standard InChI is InChI=1S/C23H21FN6O/c1-13-20-21(30-18-6-2-5-17(18)26-23(30)27-22(20)31)28-29(13)12-14-8-10-15(11-9-14)16-4-3-7-19(24)25-16/h3-4,7-11,17-18H,2,5-6,12H2,1H3,(H,26,27,31)/t17-,18+/m1/s1. The second kappa shape index (κ2) is 6.73. The van der Waals surface area contributed by atoms with Crippen LogP contribution in [0.4, 0.5) is 10.3 Å². The van der Waals surface area contributed by atoms with Crippen LogP contribution < -0.4 is 10.9 Å². The zero-order valence-corrected chi connectivity index (χ0v) is 17.0. The first kappa shape index (κ1) is 18.2. The van der Waals surface area contributed by atoms with Gasteiger partial charge in [-0.2, -0.15) is 14.5 Å². The van der Waals surface area contributed by atoms with E-state index in [0.717, 1.165) is 35.3 Å². The zero-order chi connectivity index (χ0) is 21.1. The van der Waals surface area contributed by atoms with Gasteiger partial charge in [0.25, 0.3) is 5.56 Å². The Bertz CT molecular complexity index is 1370. The van der Waals surface area contributed by atoms with Gasteiger partial charge in [0.1, 0.15) is 5.39 Å². The average Bonchev–Trinajstić information content (AvgIpc) is 3.42. The van der Waals surface area contributed by atoms with Crippen molar-refractivity contribution in [2.45, 2.75) is 44.8 Å². The monoisotopic (exact) mass is 416 g/mol. The summed E-state index contributed by atoms with van der Waals surface area (Å²) in [6, 6.07) is 13.2. The first-order valence-corrected chi connectivity index (χ1v) is 10.6. The van der Waals surface area contributed by atoms with Gasteiger partial charge in [-0.25, -0.2) is 4.98 Å². The van der Waals surface area contributed by atoms with E-state index in [1.54, 1.807) is 12.1 Å². The highest BCUT2D eigenvalue weighted by Gasteiger charge is 2.38. The fourth-order valence-electron chi connectivity index (χ4n) is 4.93. The molecule has 1 aliphatic carbocycles. The van der Waals surface area contributed by atoms with Gasteiger partial charge in [-0.15, -0.1) is 0 Å². The molecule has 2 atom stereocenters. The van der Waals surface area contributed by atoms with Crippen molar-refractivity contribution in [3.63, 3.8) is 0 Å². The van der Waals surface area contributed by atoms with Crippen LogP contribution in [0.2, 0.25) is 0 Å². The lowest BCUT2D eigenvalue weighted by Gasteiger charge is -2.11. The molecule has 156 valence electrons. The van der Waals surface area contributed by atoms with Gasteiger partial charge in [0.05, 0.1) is 24.0 Å². The summed E-state index contributed by atoms with van der Waals surface area (Å²) < 4.78 is 17.4. The molecule has 0 unspecified atom stereocenters. The minimum absolute atomic E-state index is 0.231. The minimum Gasteiger partial charge on any atom is -0.351 e. The molecule has 0 bridgehead atoms. The number of benzene rings is 1. The van der Waals surface area contributed by atoms with Gasteiger partial charge >= 0.3 is 0 Å². The Kier molecular flexibility index (Phi) is 3.96. The number of hydrogen-bond acceptors (Lipinski definition) is 5. The van der Waals surface area contributed by atoms with E-state index in [9.17, 15) is 9.18 Å². The van der Waals surface area contributed by atoms with E-state index < -0.39 is 5.95 Å². The summed E-state index contributed by atoms with van der Waals surface area (Å²) >= 11 is 0. The fourth-order valence-corrected chi connectivity index (χ4v) is 4.93. The molecule has 2 aliphatic rings. The summed E-state index contributed by atoms with van der Waals surface area (Å²) in [5.74, 6) is 0.148. The molecule has 1 saturated carbocycles. The largest absolute Gasteiger partial charge is 0.351 e. The SMILES string of the molecule is Cc1c2c(=O)nc3n(c2nn1Cc1ccc(-c2cccc(F)n2)cc1)[C@H]1CCC[C@H]1N3. The Balaban J connectivity index is 1.37. The summed E-state index contributed by atoms with van der Waals surface area (Å²) in [5.41, 5.74) is 3.79. The highest BCUT2D eigenvalue weighted by Crippen LogP contribution is 2.40. The molecule has 1 fully saturated rings. The van der Waals surface area contributed by atoms with E-state index in [1.807, 2.05) is 35.9 Å². The molecule has 1 N–H and O–H groups in total. The summed E-state index contributed by atoms with van der Waals surface area (Å²) in [5, 5.41) is 8.83.